The first-order valence-electron chi connectivity index (χ1n) is 5.33. The Hall–Kier alpha value is -1.68. The normalized spacial score (nSPS) is 12.7. The van der Waals surface area contributed by atoms with Gasteiger partial charge in [-0.1, -0.05) is 6.92 Å². The summed E-state index contributed by atoms with van der Waals surface area (Å²) < 4.78 is 31.3. The van der Waals surface area contributed by atoms with Gasteiger partial charge in [0.1, 0.15) is 29.3 Å². The first kappa shape index (κ1) is 11.8. The van der Waals surface area contributed by atoms with Crippen LogP contribution in [0.4, 0.5) is 8.78 Å². The number of aryl methyl sites for hydroxylation is 1. The van der Waals surface area contributed by atoms with Gasteiger partial charge in [-0.15, -0.1) is 0 Å². The number of hydrogen-bond acceptors (Lipinski definition) is 2. The average Bonchev–Trinajstić information content (AvgIpc) is 2.75. The zero-order valence-electron chi connectivity index (χ0n) is 9.28. The van der Waals surface area contributed by atoms with Crippen LogP contribution in [0.15, 0.2) is 34.7 Å². The maximum Gasteiger partial charge on any atom is 0.137 e. The first-order chi connectivity index (χ1) is 8.10. The minimum atomic E-state index is -1.15. The van der Waals surface area contributed by atoms with Gasteiger partial charge in [-0.2, -0.15) is 0 Å². The van der Waals surface area contributed by atoms with Crippen LogP contribution in [0.25, 0.3) is 0 Å². The molecule has 1 unspecified atom stereocenters. The summed E-state index contributed by atoms with van der Waals surface area (Å²) in [4.78, 5) is 0. The monoisotopic (exact) mass is 238 g/mol. The van der Waals surface area contributed by atoms with Crippen molar-refractivity contribution in [1.29, 1.82) is 0 Å². The molecule has 0 saturated carbocycles. The highest BCUT2D eigenvalue weighted by Gasteiger charge is 2.16. The summed E-state index contributed by atoms with van der Waals surface area (Å²) in [6.45, 7) is 1.91. The Morgan fingerprint density at radius 2 is 1.82 bits per heavy atom. The van der Waals surface area contributed by atoms with Crippen molar-refractivity contribution in [3.8, 4) is 0 Å². The summed E-state index contributed by atoms with van der Waals surface area (Å²) in [6.07, 6.45) is -0.454. The molecule has 1 N–H and O–H groups in total. The molecule has 0 spiro atoms. The maximum atomic E-state index is 13.0. The van der Waals surface area contributed by atoms with Crippen LogP contribution in [-0.4, -0.2) is 5.11 Å². The van der Waals surface area contributed by atoms with Gasteiger partial charge >= 0.3 is 0 Å². The fourth-order valence-electron chi connectivity index (χ4n) is 1.63. The largest absolute Gasteiger partial charge is 0.463 e. The Balaban J connectivity index is 2.32. The minimum absolute atomic E-state index is 0.138. The molecule has 0 amide bonds. The fourth-order valence-corrected chi connectivity index (χ4v) is 1.63. The lowest BCUT2D eigenvalue weighted by Gasteiger charge is -2.08. The maximum absolute atomic E-state index is 13.0. The third-order valence-electron chi connectivity index (χ3n) is 2.50. The third-order valence-corrected chi connectivity index (χ3v) is 2.50. The van der Waals surface area contributed by atoms with E-state index in [1.165, 1.54) is 0 Å². The number of rotatable bonds is 3. The van der Waals surface area contributed by atoms with Gasteiger partial charge in [0.2, 0.25) is 0 Å². The van der Waals surface area contributed by atoms with E-state index in [4.69, 9.17) is 4.42 Å². The molecule has 1 aromatic carbocycles. The SMILES string of the molecule is CCc1ccc(C(O)c2cc(F)cc(F)c2)o1. The summed E-state index contributed by atoms with van der Waals surface area (Å²) in [6, 6.07) is 6.26. The van der Waals surface area contributed by atoms with E-state index in [0.717, 1.165) is 24.0 Å². The minimum Gasteiger partial charge on any atom is -0.463 e. The number of hydrogen-bond donors (Lipinski definition) is 1. The number of benzene rings is 1. The van der Waals surface area contributed by atoms with E-state index in [0.29, 0.717) is 6.42 Å². The second-order valence-electron chi connectivity index (χ2n) is 3.76. The van der Waals surface area contributed by atoms with E-state index in [-0.39, 0.29) is 11.3 Å². The molecular weight excluding hydrogens is 226 g/mol. The highest BCUT2D eigenvalue weighted by atomic mass is 19.1. The Morgan fingerprint density at radius 1 is 1.18 bits per heavy atom. The first-order valence-corrected chi connectivity index (χ1v) is 5.33. The van der Waals surface area contributed by atoms with Crippen LogP contribution in [0, 0.1) is 11.6 Å². The van der Waals surface area contributed by atoms with Crippen molar-refractivity contribution in [3.05, 3.63) is 59.1 Å². The van der Waals surface area contributed by atoms with Gasteiger partial charge in [0.05, 0.1) is 0 Å². The van der Waals surface area contributed by atoms with Crippen molar-refractivity contribution in [2.45, 2.75) is 19.4 Å². The molecular formula is C13H12F2O2. The van der Waals surface area contributed by atoms with Crippen LogP contribution in [0.2, 0.25) is 0 Å². The molecule has 0 radical (unpaired) electrons. The van der Waals surface area contributed by atoms with Gasteiger partial charge < -0.3 is 9.52 Å². The summed E-state index contributed by atoms with van der Waals surface area (Å²) in [5, 5.41) is 9.92. The number of furan rings is 1. The van der Waals surface area contributed by atoms with Gasteiger partial charge in [-0.25, -0.2) is 8.78 Å². The Labute approximate surface area is 97.5 Å². The quantitative estimate of drug-likeness (QED) is 0.890. The highest BCUT2D eigenvalue weighted by Crippen LogP contribution is 2.25. The van der Waals surface area contributed by atoms with Crippen LogP contribution in [0.3, 0.4) is 0 Å². The zero-order chi connectivity index (χ0) is 12.4. The van der Waals surface area contributed by atoms with Gasteiger partial charge in [0.25, 0.3) is 0 Å². The van der Waals surface area contributed by atoms with E-state index >= 15 is 0 Å². The molecule has 1 heterocycles. The highest BCUT2D eigenvalue weighted by molar-refractivity contribution is 5.26. The summed E-state index contributed by atoms with van der Waals surface area (Å²) in [5.41, 5.74) is 0.138. The second kappa shape index (κ2) is 4.67. The molecule has 1 aromatic heterocycles. The molecule has 0 aliphatic carbocycles. The van der Waals surface area contributed by atoms with Gasteiger partial charge in [-0.3, -0.25) is 0 Å². The van der Waals surface area contributed by atoms with Gasteiger partial charge in [0.15, 0.2) is 0 Å². The molecule has 2 aromatic rings. The molecule has 17 heavy (non-hydrogen) atoms. The predicted octanol–water partition coefficient (Wildman–Crippen LogP) is 3.20. The van der Waals surface area contributed by atoms with Crippen LogP contribution < -0.4 is 0 Å². The molecule has 4 heteroatoms. The molecule has 0 fully saturated rings. The summed E-state index contributed by atoms with van der Waals surface area (Å²) in [5.74, 6) is -0.439. The van der Waals surface area contributed by atoms with Crippen molar-refractivity contribution < 1.29 is 18.3 Å². The molecule has 0 bridgehead atoms. The zero-order valence-corrected chi connectivity index (χ0v) is 9.28. The van der Waals surface area contributed by atoms with Crippen molar-refractivity contribution >= 4 is 0 Å². The molecule has 90 valence electrons. The van der Waals surface area contributed by atoms with E-state index in [9.17, 15) is 13.9 Å². The number of aliphatic hydroxyl groups is 1. The van der Waals surface area contributed by atoms with Crippen LogP contribution in [-0.2, 0) is 6.42 Å². The fraction of sp³-hybridized carbons (Fsp3) is 0.231. The molecule has 0 saturated heterocycles. The Bertz CT molecular complexity index is 500. The molecule has 2 nitrogen and oxygen atoms in total. The van der Waals surface area contributed by atoms with Crippen LogP contribution in [0.5, 0.6) is 0 Å². The predicted molar refractivity (Wildman–Crippen MR) is 58.5 cm³/mol. The summed E-state index contributed by atoms with van der Waals surface area (Å²) in [7, 11) is 0. The lowest BCUT2D eigenvalue weighted by atomic mass is 10.1. The smallest absolute Gasteiger partial charge is 0.137 e. The van der Waals surface area contributed by atoms with E-state index in [2.05, 4.69) is 0 Å². The van der Waals surface area contributed by atoms with E-state index < -0.39 is 17.7 Å². The van der Waals surface area contributed by atoms with E-state index in [1.54, 1.807) is 12.1 Å². The average molecular weight is 238 g/mol. The van der Waals surface area contributed by atoms with E-state index in [1.807, 2.05) is 6.92 Å². The van der Waals surface area contributed by atoms with Gasteiger partial charge in [-0.05, 0) is 29.8 Å². The standard InChI is InChI=1S/C13H12F2O2/c1-2-11-3-4-12(17-11)13(16)8-5-9(14)7-10(15)6-8/h3-7,13,16H,2H2,1H3. The van der Waals surface area contributed by atoms with Crippen LogP contribution >= 0.6 is 0 Å². The molecule has 0 aliphatic heterocycles. The van der Waals surface area contributed by atoms with Crippen molar-refractivity contribution in [2.75, 3.05) is 0 Å². The lowest BCUT2D eigenvalue weighted by Crippen LogP contribution is -1.99. The summed E-state index contributed by atoms with van der Waals surface area (Å²) >= 11 is 0. The van der Waals surface area contributed by atoms with Crippen molar-refractivity contribution in [2.24, 2.45) is 0 Å². The van der Waals surface area contributed by atoms with Gasteiger partial charge in [0, 0.05) is 12.5 Å². The topological polar surface area (TPSA) is 33.4 Å². The molecule has 2 rings (SSSR count). The Morgan fingerprint density at radius 3 is 2.35 bits per heavy atom. The molecule has 1 atom stereocenters. The number of halogens is 2. The molecule has 0 aliphatic rings. The lowest BCUT2D eigenvalue weighted by molar-refractivity contribution is 0.186. The second-order valence-corrected chi connectivity index (χ2v) is 3.76. The number of aliphatic hydroxyl groups excluding tert-OH is 1. The Kier molecular flexibility index (Phi) is 3.24. The third kappa shape index (κ3) is 2.53. The van der Waals surface area contributed by atoms with Crippen molar-refractivity contribution in [1.82, 2.24) is 0 Å². The van der Waals surface area contributed by atoms with Crippen LogP contribution in [0.1, 0.15) is 30.1 Å². The van der Waals surface area contributed by atoms with Crippen molar-refractivity contribution in [3.63, 3.8) is 0 Å².